The zero-order valence-corrected chi connectivity index (χ0v) is 13.7. The summed E-state index contributed by atoms with van der Waals surface area (Å²) in [6, 6.07) is 13.6. The van der Waals surface area contributed by atoms with E-state index in [1.165, 1.54) is 0 Å². The molecule has 0 aliphatic rings. The second kappa shape index (κ2) is 8.90. The molecule has 0 bridgehead atoms. The highest BCUT2D eigenvalue weighted by atomic mass is 16.5. The molecule has 2 rings (SSSR count). The van der Waals surface area contributed by atoms with E-state index in [0.717, 1.165) is 11.4 Å². The van der Waals surface area contributed by atoms with Crippen LogP contribution < -0.4 is 5.32 Å². The number of anilines is 1. The summed E-state index contributed by atoms with van der Waals surface area (Å²) in [5, 5.41) is 3.13. The second-order valence-electron chi connectivity index (χ2n) is 5.16. The lowest BCUT2D eigenvalue weighted by atomic mass is 10.2. The number of carbonyl (C=O) groups excluding carboxylic acids is 1. The van der Waals surface area contributed by atoms with Gasteiger partial charge in [0.1, 0.15) is 5.82 Å². The largest absolute Gasteiger partial charge is 0.383 e. The van der Waals surface area contributed by atoms with E-state index < -0.39 is 0 Å². The summed E-state index contributed by atoms with van der Waals surface area (Å²) < 4.78 is 4.98. The molecular formula is C18H23N3O2. The second-order valence-corrected chi connectivity index (χ2v) is 5.16. The molecule has 0 aliphatic carbocycles. The van der Waals surface area contributed by atoms with Crippen LogP contribution in [0.1, 0.15) is 22.8 Å². The lowest BCUT2D eigenvalue weighted by molar-refractivity contribution is 0.0752. The maximum Gasteiger partial charge on any atom is 0.255 e. The highest BCUT2D eigenvalue weighted by molar-refractivity contribution is 5.94. The van der Waals surface area contributed by atoms with Crippen LogP contribution in [0.4, 0.5) is 5.82 Å². The molecule has 1 heterocycles. The molecule has 23 heavy (non-hydrogen) atoms. The van der Waals surface area contributed by atoms with Crippen LogP contribution in [0.5, 0.6) is 0 Å². The van der Waals surface area contributed by atoms with E-state index in [0.29, 0.717) is 31.8 Å². The number of aromatic nitrogens is 1. The van der Waals surface area contributed by atoms with Crippen LogP contribution in [-0.2, 0) is 11.3 Å². The van der Waals surface area contributed by atoms with Gasteiger partial charge in [-0.25, -0.2) is 4.98 Å². The number of nitrogens with zero attached hydrogens (tertiary/aromatic N) is 2. The van der Waals surface area contributed by atoms with Crippen molar-refractivity contribution >= 4 is 11.7 Å². The van der Waals surface area contributed by atoms with Crippen LogP contribution >= 0.6 is 0 Å². The van der Waals surface area contributed by atoms with Crippen molar-refractivity contribution in [3.63, 3.8) is 0 Å². The maximum absolute atomic E-state index is 12.6. The van der Waals surface area contributed by atoms with Crippen LogP contribution in [0.2, 0.25) is 0 Å². The van der Waals surface area contributed by atoms with Gasteiger partial charge in [0.2, 0.25) is 0 Å². The first-order chi connectivity index (χ1) is 11.2. The highest BCUT2D eigenvalue weighted by Gasteiger charge is 2.14. The Morgan fingerprint density at radius 2 is 2.00 bits per heavy atom. The molecule has 1 aromatic heterocycles. The van der Waals surface area contributed by atoms with Crippen molar-refractivity contribution in [3.8, 4) is 0 Å². The monoisotopic (exact) mass is 313 g/mol. The molecule has 0 fully saturated rings. The Morgan fingerprint density at radius 3 is 2.61 bits per heavy atom. The summed E-state index contributed by atoms with van der Waals surface area (Å²) in [7, 11) is 1.66. The molecule has 2 aromatic rings. The number of ether oxygens (including phenoxy) is 1. The zero-order chi connectivity index (χ0) is 16.5. The quantitative estimate of drug-likeness (QED) is 0.761. The van der Waals surface area contributed by atoms with Crippen LogP contribution in [0.25, 0.3) is 0 Å². The number of hydrogen-bond acceptors (Lipinski definition) is 4. The van der Waals surface area contributed by atoms with Gasteiger partial charge in [-0.15, -0.1) is 0 Å². The van der Waals surface area contributed by atoms with Crippen molar-refractivity contribution in [1.29, 1.82) is 0 Å². The number of benzene rings is 1. The Bertz CT molecular complexity index is 599. The Kier molecular flexibility index (Phi) is 6.56. The molecular weight excluding hydrogens is 290 g/mol. The lowest BCUT2D eigenvalue weighted by Crippen LogP contribution is -2.30. The number of nitrogens with one attached hydrogen (secondary N) is 1. The summed E-state index contributed by atoms with van der Waals surface area (Å²) in [6.45, 7) is 4.54. The third-order valence-electron chi connectivity index (χ3n) is 3.51. The fourth-order valence-electron chi connectivity index (χ4n) is 2.22. The Hall–Kier alpha value is -2.40. The molecule has 0 atom stereocenters. The molecule has 0 radical (unpaired) electrons. The maximum atomic E-state index is 12.6. The van der Waals surface area contributed by atoms with Gasteiger partial charge in [0.25, 0.3) is 5.91 Å². The zero-order valence-electron chi connectivity index (χ0n) is 13.7. The van der Waals surface area contributed by atoms with Crippen molar-refractivity contribution in [3.05, 3.63) is 59.8 Å². The third-order valence-corrected chi connectivity index (χ3v) is 3.51. The predicted molar refractivity (Wildman–Crippen MR) is 91.5 cm³/mol. The fraction of sp³-hybridized carbons (Fsp3) is 0.333. The molecule has 1 aromatic carbocycles. The van der Waals surface area contributed by atoms with Crippen LogP contribution in [0.15, 0.2) is 48.7 Å². The van der Waals surface area contributed by atoms with E-state index >= 15 is 0 Å². The average Bonchev–Trinajstić information content (AvgIpc) is 2.61. The molecule has 0 aliphatic heterocycles. The molecule has 0 saturated heterocycles. The fourth-order valence-corrected chi connectivity index (χ4v) is 2.22. The Balaban J connectivity index is 2.00. The van der Waals surface area contributed by atoms with Gasteiger partial charge in [-0.1, -0.05) is 30.3 Å². The highest BCUT2D eigenvalue weighted by Crippen LogP contribution is 2.11. The van der Waals surface area contributed by atoms with Gasteiger partial charge in [0, 0.05) is 32.9 Å². The van der Waals surface area contributed by atoms with E-state index in [2.05, 4.69) is 10.3 Å². The van der Waals surface area contributed by atoms with Crippen molar-refractivity contribution in [2.45, 2.75) is 13.5 Å². The molecule has 0 spiro atoms. The summed E-state index contributed by atoms with van der Waals surface area (Å²) in [5.74, 6) is 0.733. The normalized spacial score (nSPS) is 10.3. The minimum Gasteiger partial charge on any atom is -0.383 e. The van der Waals surface area contributed by atoms with Gasteiger partial charge >= 0.3 is 0 Å². The van der Waals surface area contributed by atoms with E-state index in [4.69, 9.17) is 4.74 Å². The smallest absolute Gasteiger partial charge is 0.255 e. The lowest BCUT2D eigenvalue weighted by Gasteiger charge is -2.21. The number of carbonyl (C=O) groups is 1. The minimum atomic E-state index is -0.00713. The van der Waals surface area contributed by atoms with E-state index in [1.54, 1.807) is 19.4 Å². The summed E-state index contributed by atoms with van der Waals surface area (Å²) in [4.78, 5) is 18.7. The van der Waals surface area contributed by atoms with Crippen molar-refractivity contribution in [1.82, 2.24) is 9.88 Å². The van der Waals surface area contributed by atoms with Gasteiger partial charge < -0.3 is 15.0 Å². The van der Waals surface area contributed by atoms with Crippen LogP contribution in [0.3, 0.4) is 0 Å². The van der Waals surface area contributed by atoms with Gasteiger partial charge in [0.05, 0.1) is 12.2 Å². The van der Waals surface area contributed by atoms with E-state index in [1.807, 2.05) is 48.2 Å². The predicted octanol–water partition coefficient (Wildman–Crippen LogP) is 2.80. The molecule has 5 nitrogen and oxygen atoms in total. The van der Waals surface area contributed by atoms with Crippen LogP contribution in [0, 0.1) is 0 Å². The number of amides is 1. The van der Waals surface area contributed by atoms with Crippen molar-refractivity contribution in [2.24, 2.45) is 0 Å². The molecule has 1 N–H and O–H groups in total. The SMILES string of the molecule is CCN(Cc1ccccc1)C(=O)c1ccc(NCCOC)nc1. The first-order valence-corrected chi connectivity index (χ1v) is 7.76. The van der Waals surface area contributed by atoms with Gasteiger partial charge in [-0.05, 0) is 24.6 Å². The van der Waals surface area contributed by atoms with Crippen molar-refractivity contribution in [2.75, 3.05) is 32.1 Å². The molecule has 0 unspecified atom stereocenters. The third kappa shape index (κ3) is 5.07. The van der Waals surface area contributed by atoms with Gasteiger partial charge in [-0.3, -0.25) is 4.79 Å². The Labute approximate surface area is 137 Å². The minimum absolute atomic E-state index is 0.00713. The Morgan fingerprint density at radius 1 is 1.22 bits per heavy atom. The van der Waals surface area contributed by atoms with E-state index in [-0.39, 0.29) is 5.91 Å². The average molecular weight is 313 g/mol. The molecule has 1 amide bonds. The van der Waals surface area contributed by atoms with Crippen LogP contribution in [-0.4, -0.2) is 42.6 Å². The molecule has 122 valence electrons. The number of hydrogen-bond donors (Lipinski definition) is 1. The summed E-state index contributed by atoms with van der Waals surface area (Å²) >= 11 is 0. The van der Waals surface area contributed by atoms with Gasteiger partial charge in [0.15, 0.2) is 0 Å². The van der Waals surface area contributed by atoms with Crippen molar-refractivity contribution < 1.29 is 9.53 Å². The number of pyridine rings is 1. The topological polar surface area (TPSA) is 54.5 Å². The van der Waals surface area contributed by atoms with E-state index in [9.17, 15) is 4.79 Å². The molecule has 5 heteroatoms. The first-order valence-electron chi connectivity index (χ1n) is 7.76. The van der Waals surface area contributed by atoms with Gasteiger partial charge in [-0.2, -0.15) is 0 Å². The standard InChI is InChI=1S/C18H23N3O2/c1-3-21(14-15-7-5-4-6-8-15)18(22)16-9-10-17(20-13-16)19-11-12-23-2/h4-10,13H,3,11-12,14H2,1-2H3,(H,19,20). The number of methoxy groups -OCH3 is 1. The number of rotatable bonds is 8. The summed E-state index contributed by atoms with van der Waals surface area (Å²) in [6.07, 6.45) is 1.62. The summed E-state index contributed by atoms with van der Waals surface area (Å²) in [5.41, 5.74) is 1.72. The molecule has 0 saturated carbocycles. The first kappa shape index (κ1) is 17.0.